The zero-order valence-electron chi connectivity index (χ0n) is 10.8. The molecule has 0 aromatic heterocycles. The van der Waals surface area contributed by atoms with Crippen LogP contribution in [0.1, 0.15) is 40.0 Å². The average molecular weight is 224 g/mol. The SMILES string of the molecule is C=C(CC1CCN(C(N)=O)CC1)C(C)(C)C. The minimum Gasteiger partial charge on any atom is -0.351 e. The van der Waals surface area contributed by atoms with Gasteiger partial charge in [0.05, 0.1) is 0 Å². The first-order chi connectivity index (χ1) is 7.30. The van der Waals surface area contributed by atoms with E-state index in [0.717, 1.165) is 32.4 Å². The lowest BCUT2D eigenvalue weighted by Gasteiger charge is -2.33. The van der Waals surface area contributed by atoms with Crippen molar-refractivity contribution in [2.75, 3.05) is 13.1 Å². The number of amides is 2. The molecule has 2 amide bonds. The lowest BCUT2D eigenvalue weighted by Crippen LogP contribution is -2.41. The molecule has 0 saturated carbocycles. The van der Waals surface area contributed by atoms with Crippen molar-refractivity contribution >= 4 is 6.03 Å². The van der Waals surface area contributed by atoms with E-state index in [4.69, 9.17) is 5.73 Å². The maximum Gasteiger partial charge on any atom is 0.314 e. The Bertz CT molecular complexity index is 270. The molecule has 0 radical (unpaired) electrons. The third kappa shape index (κ3) is 3.54. The van der Waals surface area contributed by atoms with Crippen LogP contribution in [0.3, 0.4) is 0 Å². The smallest absolute Gasteiger partial charge is 0.314 e. The Morgan fingerprint density at radius 2 is 1.88 bits per heavy atom. The number of primary amides is 1. The molecule has 1 aliphatic rings. The van der Waals surface area contributed by atoms with Gasteiger partial charge in [0.15, 0.2) is 0 Å². The van der Waals surface area contributed by atoms with Crippen LogP contribution in [0.2, 0.25) is 0 Å². The van der Waals surface area contributed by atoms with Crippen molar-refractivity contribution in [2.24, 2.45) is 17.1 Å². The van der Waals surface area contributed by atoms with E-state index < -0.39 is 0 Å². The number of hydrogen-bond acceptors (Lipinski definition) is 1. The van der Waals surface area contributed by atoms with Gasteiger partial charge in [0.2, 0.25) is 0 Å². The summed E-state index contributed by atoms with van der Waals surface area (Å²) in [5.74, 6) is 0.669. The highest BCUT2D eigenvalue weighted by molar-refractivity contribution is 5.72. The van der Waals surface area contributed by atoms with Gasteiger partial charge in [0.1, 0.15) is 0 Å². The summed E-state index contributed by atoms with van der Waals surface area (Å²) >= 11 is 0. The molecule has 3 nitrogen and oxygen atoms in total. The molecule has 0 spiro atoms. The molecule has 0 atom stereocenters. The number of likely N-dealkylation sites (tertiary alicyclic amines) is 1. The highest BCUT2D eigenvalue weighted by Crippen LogP contribution is 2.32. The molecule has 1 saturated heterocycles. The molecule has 0 aliphatic carbocycles. The minimum absolute atomic E-state index is 0.195. The lowest BCUT2D eigenvalue weighted by molar-refractivity contribution is 0.177. The average Bonchev–Trinajstić information content (AvgIpc) is 2.17. The monoisotopic (exact) mass is 224 g/mol. The zero-order chi connectivity index (χ0) is 12.3. The number of allylic oxidation sites excluding steroid dienone is 1. The van der Waals surface area contributed by atoms with Crippen molar-refractivity contribution in [3.8, 4) is 0 Å². The summed E-state index contributed by atoms with van der Waals surface area (Å²) in [6.07, 6.45) is 3.19. The van der Waals surface area contributed by atoms with Gasteiger partial charge in [-0.1, -0.05) is 32.9 Å². The third-order valence-corrected chi connectivity index (χ3v) is 3.52. The summed E-state index contributed by atoms with van der Waals surface area (Å²) in [5.41, 5.74) is 6.76. The van der Waals surface area contributed by atoms with Crippen LogP contribution >= 0.6 is 0 Å². The van der Waals surface area contributed by atoms with Gasteiger partial charge in [0, 0.05) is 13.1 Å². The van der Waals surface area contributed by atoms with Crippen LogP contribution in [0.15, 0.2) is 12.2 Å². The van der Waals surface area contributed by atoms with E-state index in [1.165, 1.54) is 5.57 Å². The first-order valence-corrected chi connectivity index (χ1v) is 6.03. The second-order valence-corrected chi connectivity index (χ2v) is 5.83. The van der Waals surface area contributed by atoms with Gasteiger partial charge >= 0.3 is 6.03 Å². The molecule has 1 aliphatic heterocycles. The molecule has 1 rings (SSSR count). The minimum atomic E-state index is -0.284. The molecule has 3 heteroatoms. The van der Waals surface area contributed by atoms with Gasteiger partial charge in [-0.15, -0.1) is 0 Å². The first kappa shape index (κ1) is 13.1. The number of carbonyl (C=O) groups is 1. The molecule has 1 fully saturated rings. The van der Waals surface area contributed by atoms with Crippen molar-refractivity contribution in [3.05, 3.63) is 12.2 Å². The van der Waals surface area contributed by atoms with E-state index in [1.807, 2.05) is 0 Å². The van der Waals surface area contributed by atoms with E-state index >= 15 is 0 Å². The van der Waals surface area contributed by atoms with E-state index in [9.17, 15) is 4.79 Å². The van der Waals surface area contributed by atoms with Crippen molar-refractivity contribution in [3.63, 3.8) is 0 Å². The van der Waals surface area contributed by atoms with Crippen molar-refractivity contribution in [1.82, 2.24) is 4.90 Å². The maximum atomic E-state index is 11.0. The topological polar surface area (TPSA) is 46.3 Å². The van der Waals surface area contributed by atoms with Crippen LogP contribution in [0.25, 0.3) is 0 Å². The maximum absolute atomic E-state index is 11.0. The van der Waals surface area contributed by atoms with Crippen LogP contribution in [0, 0.1) is 11.3 Å². The van der Waals surface area contributed by atoms with Crippen molar-refractivity contribution < 1.29 is 4.79 Å². The van der Waals surface area contributed by atoms with Gasteiger partial charge in [-0.2, -0.15) is 0 Å². The molecule has 92 valence electrons. The Labute approximate surface area is 98.7 Å². The fraction of sp³-hybridized carbons (Fsp3) is 0.769. The molecule has 0 unspecified atom stereocenters. The summed E-state index contributed by atoms with van der Waals surface area (Å²) in [6.45, 7) is 12.4. The number of rotatable bonds is 2. The largest absolute Gasteiger partial charge is 0.351 e. The molecule has 1 heterocycles. The van der Waals surface area contributed by atoms with E-state index in [2.05, 4.69) is 27.4 Å². The Morgan fingerprint density at radius 3 is 2.25 bits per heavy atom. The number of urea groups is 1. The Balaban J connectivity index is 2.38. The molecule has 2 N–H and O–H groups in total. The zero-order valence-corrected chi connectivity index (χ0v) is 10.8. The molecule has 16 heavy (non-hydrogen) atoms. The van der Waals surface area contributed by atoms with E-state index in [0.29, 0.717) is 5.92 Å². The number of nitrogens with zero attached hydrogens (tertiary/aromatic N) is 1. The Hall–Kier alpha value is -0.990. The predicted octanol–water partition coefficient (Wildman–Crippen LogP) is 2.77. The summed E-state index contributed by atoms with van der Waals surface area (Å²) in [6, 6.07) is -0.284. The molecular weight excluding hydrogens is 200 g/mol. The highest BCUT2D eigenvalue weighted by atomic mass is 16.2. The summed E-state index contributed by atoms with van der Waals surface area (Å²) < 4.78 is 0. The predicted molar refractivity (Wildman–Crippen MR) is 67.1 cm³/mol. The van der Waals surface area contributed by atoms with Gasteiger partial charge in [0.25, 0.3) is 0 Å². The van der Waals surface area contributed by atoms with Gasteiger partial charge in [-0.3, -0.25) is 0 Å². The van der Waals surface area contributed by atoms with Gasteiger partial charge < -0.3 is 10.6 Å². The Morgan fingerprint density at radius 1 is 1.38 bits per heavy atom. The van der Waals surface area contributed by atoms with Crippen LogP contribution in [0.4, 0.5) is 4.79 Å². The van der Waals surface area contributed by atoms with Gasteiger partial charge in [-0.05, 0) is 30.6 Å². The fourth-order valence-electron chi connectivity index (χ4n) is 2.01. The van der Waals surface area contributed by atoms with Crippen LogP contribution in [0.5, 0.6) is 0 Å². The van der Waals surface area contributed by atoms with Crippen LogP contribution in [-0.4, -0.2) is 24.0 Å². The van der Waals surface area contributed by atoms with Crippen molar-refractivity contribution in [2.45, 2.75) is 40.0 Å². The summed E-state index contributed by atoms with van der Waals surface area (Å²) in [7, 11) is 0. The van der Waals surface area contributed by atoms with E-state index in [1.54, 1.807) is 4.90 Å². The number of piperidine rings is 1. The molecular formula is C13H24N2O. The first-order valence-electron chi connectivity index (χ1n) is 6.03. The summed E-state index contributed by atoms with van der Waals surface area (Å²) in [4.78, 5) is 12.7. The van der Waals surface area contributed by atoms with Crippen molar-refractivity contribution in [1.29, 1.82) is 0 Å². The second kappa shape index (κ2) is 4.89. The molecule has 0 bridgehead atoms. The lowest BCUT2D eigenvalue weighted by atomic mass is 9.80. The van der Waals surface area contributed by atoms with Crippen LogP contribution in [-0.2, 0) is 0 Å². The number of carbonyl (C=O) groups excluding carboxylic acids is 1. The molecule has 0 aromatic carbocycles. The highest BCUT2D eigenvalue weighted by Gasteiger charge is 2.24. The standard InChI is InChI=1S/C13H24N2O/c1-10(13(2,3)4)9-11-5-7-15(8-6-11)12(14)16/h11H,1,5-9H2,2-4H3,(H2,14,16). The van der Waals surface area contributed by atoms with E-state index in [-0.39, 0.29) is 11.4 Å². The normalized spacial score (nSPS) is 18.6. The van der Waals surface area contributed by atoms with Crippen LogP contribution < -0.4 is 5.73 Å². The number of nitrogens with two attached hydrogens (primary N) is 1. The summed E-state index contributed by atoms with van der Waals surface area (Å²) in [5, 5.41) is 0. The van der Waals surface area contributed by atoms with Gasteiger partial charge in [-0.25, -0.2) is 4.79 Å². The quantitative estimate of drug-likeness (QED) is 0.720. The number of hydrogen-bond donors (Lipinski definition) is 1. The third-order valence-electron chi connectivity index (χ3n) is 3.52. The molecule has 0 aromatic rings. The Kier molecular flexibility index (Phi) is 4.00. The fourth-order valence-corrected chi connectivity index (χ4v) is 2.01. The second-order valence-electron chi connectivity index (χ2n) is 5.83.